The van der Waals surface area contributed by atoms with Crippen LogP contribution in [0.5, 0.6) is 5.75 Å². The predicted molar refractivity (Wildman–Crippen MR) is 196 cm³/mol. The molecule has 3 heterocycles. The lowest BCUT2D eigenvalue weighted by atomic mass is 10.1. The number of carboxylic acid groups (broad SMARTS) is 2. The number of nitrogens with two attached hydrogens (primary N) is 2. The third-order valence-electron chi connectivity index (χ3n) is 8.60. The Kier molecular flexibility index (Phi) is 14.7. The number of nitrogen functional groups attached to an aromatic ring is 1. The minimum absolute atomic E-state index is 0.0424. The maximum absolute atomic E-state index is 12.9. The summed E-state index contributed by atoms with van der Waals surface area (Å²) < 4.78 is 7.82. The van der Waals surface area contributed by atoms with Crippen molar-refractivity contribution >= 4 is 58.3 Å². The number of carbonyl (C=O) groups is 4. The Hall–Kier alpha value is -4.61. The molecule has 1 saturated heterocycles. The summed E-state index contributed by atoms with van der Waals surface area (Å²) in [6, 6.07) is 6.88. The van der Waals surface area contributed by atoms with Crippen LogP contribution in [-0.2, 0) is 32.3 Å². The largest absolute Gasteiger partial charge is 0.496 e. The molecule has 3 aromatic rings. The predicted octanol–water partition coefficient (Wildman–Crippen LogP) is 1.81. The van der Waals surface area contributed by atoms with Gasteiger partial charge in [0.05, 0.1) is 30.8 Å². The lowest BCUT2D eigenvalue weighted by molar-refractivity contribution is -0.138. The van der Waals surface area contributed by atoms with E-state index in [-0.39, 0.29) is 30.6 Å². The van der Waals surface area contributed by atoms with Crippen molar-refractivity contribution in [3.05, 3.63) is 41.6 Å². The fraction of sp³-hybridized carbons (Fsp3) is 0.529. The summed E-state index contributed by atoms with van der Waals surface area (Å²) in [5.74, 6) is -1.52. The molecule has 2 aromatic heterocycles. The van der Waals surface area contributed by atoms with E-state index in [4.69, 9.17) is 26.4 Å². The number of carboxylic acids is 2. The Morgan fingerprint density at radius 1 is 1.04 bits per heavy atom. The first-order chi connectivity index (χ1) is 24.5. The monoisotopic (exact) mass is 727 g/mol. The minimum Gasteiger partial charge on any atom is -0.496 e. The van der Waals surface area contributed by atoms with Crippen molar-refractivity contribution in [2.24, 2.45) is 5.73 Å². The van der Waals surface area contributed by atoms with Gasteiger partial charge in [0.15, 0.2) is 5.82 Å². The summed E-state index contributed by atoms with van der Waals surface area (Å²) in [5, 5.41) is 23.2. The number of unbranched alkanes of at least 4 members (excludes halogenated alkanes) is 2. The first-order valence-corrected chi connectivity index (χ1v) is 18.2. The van der Waals surface area contributed by atoms with E-state index in [1.54, 1.807) is 12.0 Å². The van der Waals surface area contributed by atoms with Crippen LogP contribution >= 0.6 is 11.8 Å². The molecular formula is C34H49N9O7S. The lowest BCUT2D eigenvalue weighted by Gasteiger charge is -2.35. The second kappa shape index (κ2) is 19.1. The zero-order valence-corrected chi connectivity index (χ0v) is 30.0. The smallest absolute Gasteiger partial charge is 0.321 e. The molecule has 0 saturated carbocycles. The number of anilines is 2. The van der Waals surface area contributed by atoms with Crippen LogP contribution in [0.15, 0.2) is 30.5 Å². The second-order valence-electron chi connectivity index (χ2n) is 12.5. The summed E-state index contributed by atoms with van der Waals surface area (Å²) in [6.45, 7) is 6.66. The molecular weight excluding hydrogens is 678 g/mol. The Morgan fingerprint density at radius 2 is 1.80 bits per heavy atom. The van der Waals surface area contributed by atoms with E-state index in [1.165, 1.54) is 0 Å². The van der Waals surface area contributed by atoms with E-state index < -0.39 is 35.6 Å². The fourth-order valence-corrected chi connectivity index (χ4v) is 6.93. The molecule has 2 unspecified atom stereocenters. The number of nitrogens with one attached hydrogen (secondary N) is 2. The third kappa shape index (κ3) is 11.5. The number of amides is 2. The number of benzene rings is 1. The molecule has 16 nitrogen and oxygen atoms in total. The number of hydrogen-bond donors (Lipinski definition) is 6. The normalized spacial score (nSPS) is 14.6. The highest BCUT2D eigenvalue weighted by Crippen LogP contribution is 2.27. The molecule has 0 aliphatic carbocycles. The van der Waals surface area contributed by atoms with Crippen molar-refractivity contribution in [3.63, 3.8) is 0 Å². The number of ether oxygens (including phenoxy) is 1. The molecule has 278 valence electrons. The van der Waals surface area contributed by atoms with Crippen molar-refractivity contribution in [2.45, 2.75) is 63.4 Å². The zero-order chi connectivity index (χ0) is 36.9. The van der Waals surface area contributed by atoms with Gasteiger partial charge in [-0.15, -0.1) is 11.8 Å². The van der Waals surface area contributed by atoms with E-state index >= 15 is 0 Å². The molecule has 2 atom stereocenters. The van der Waals surface area contributed by atoms with Crippen LogP contribution in [0.1, 0.15) is 50.2 Å². The fourth-order valence-electron chi connectivity index (χ4n) is 5.85. The van der Waals surface area contributed by atoms with Crippen LogP contribution in [0, 0.1) is 0 Å². The summed E-state index contributed by atoms with van der Waals surface area (Å²) in [7, 11) is 1.66. The second-order valence-corrected chi connectivity index (χ2v) is 13.7. The van der Waals surface area contributed by atoms with Gasteiger partial charge in [-0.05, 0) is 30.2 Å². The average molecular weight is 728 g/mol. The van der Waals surface area contributed by atoms with E-state index in [0.717, 1.165) is 65.5 Å². The number of fused-ring (bicyclic) bond motifs is 1. The highest BCUT2D eigenvalue weighted by atomic mass is 32.2. The highest BCUT2D eigenvalue weighted by Gasteiger charge is 2.26. The van der Waals surface area contributed by atoms with Crippen molar-refractivity contribution in [2.75, 3.05) is 63.2 Å². The van der Waals surface area contributed by atoms with Gasteiger partial charge >= 0.3 is 11.9 Å². The van der Waals surface area contributed by atoms with E-state index in [1.807, 2.05) is 24.4 Å². The SMILES string of the molecule is CCCCCNc1nc(N)nc2ccn(Cc3cc(CN4CCN(C(=O)CCNC(=O)C(CC(=O)O)SCC(N)C(=O)O)CC4)ccc3OC)c12. The van der Waals surface area contributed by atoms with E-state index in [0.29, 0.717) is 45.1 Å². The molecule has 4 rings (SSSR count). The summed E-state index contributed by atoms with van der Waals surface area (Å²) in [4.78, 5) is 60.7. The molecule has 8 N–H and O–H groups in total. The molecule has 1 fully saturated rings. The quantitative estimate of drug-likeness (QED) is 0.0912. The Bertz CT molecular complexity index is 1660. The van der Waals surface area contributed by atoms with Gasteiger partial charge in [-0.1, -0.05) is 25.8 Å². The number of methoxy groups -OCH3 is 1. The van der Waals surface area contributed by atoms with Crippen LogP contribution in [-0.4, -0.2) is 122 Å². The molecule has 0 bridgehead atoms. The molecule has 0 spiro atoms. The number of nitrogens with zero attached hydrogens (tertiary/aromatic N) is 5. The maximum atomic E-state index is 12.9. The number of aliphatic carboxylic acids is 2. The van der Waals surface area contributed by atoms with Crippen LogP contribution in [0.4, 0.5) is 11.8 Å². The number of aromatic nitrogens is 3. The minimum atomic E-state index is -1.24. The maximum Gasteiger partial charge on any atom is 0.321 e. The van der Waals surface area contributed by atoms with Gasteiger partial charge in [-0.2, -0.15) is 4.98 Å². The summed E-state index contributed by atoms with van der Waals surface area (Å²) in [6.07, 6.45) is 4.84. The van der Waals surface area contributed by atoms with Gasteiger partial charge in [-0.25, -0.2) is 4.98 Å². The molecule has 2 amide bonds. The summed E-state index contributed by atoms with van der Waals surface area (Å²) >= 11 is 0.871. The third-order valence-corrected chi connectivity index (χ3v) is 9.94. The van der Waals surface area contributed by atoms with Crippen LogP contribution < -0.4 is 26.8 Å². The highest BCUT2D eigenvalue weighted by molar-refractivity contribution is 8.00. The Labute approximate surface area is 301 Å². The molecule has 1 aromatic carbocycles. The number of thioether (sulfide) groups is 1. The van der Waals surface area contributed by atoms with Crippen LogP contribution in [0.3, 0.4) is 0 Å². The molecule has 17 heteroatoms. The van der Waals surface area contributed by atoms with Crippen LogP contribution in [0.2, 0.25) is 0 Å². The van der Waals surface area contributed by atoms with Gasteiger partial charge < -0.3 is 46.5 Å². The Morgan fingerprint density at radius 3 is 2.49 bits per heavy atom. The first kappa shape index (κ1) is 39.2. The van der Waals surface area contributed by atoms with Crippen molar-refractivity contribution in [1.82, 2.24) is 29.7 Å². The average Bonchev–Trinajstić information content (AvgIpc) is 3.50. The Balaban J connectivity index is 1.30. The first-order valence-electron chi connectivity index (χ1n) is 17.1. The molecule has 51 heavy (non-hydrogen) atoms. The van der Waals surface area contributed by atoms with Gasteiger partial charge in [0.25, 0.3) is 0 Å². The lowest BCUT2D eigenvalue weighted by Crippen LogP contribution is -2.49. The number of hydrogen-bond acceptors (Lipinski definition) is 12. The topological polar surface area (TPSA) is 231 Å². The standard InChI is InChI=1S/C34H49N9O7S/c1-3-4-5-10-37-31-30-25(39-34(36)40-31)9-12-43(30)20-23-17-22(6-7-26(23)50-2)19-41-13-15-42(16-14-41)28(44)8-11-38-32(47)27(18-29(45)46)51-21-24(35)33(48)49/h6-7,9,12,17,24,27H,3-5,8,10-11,13-16,18-21,35H2,1-2H3,(H,38,47)(H,45,46)(H,48,49)(H3,36,37,39,40). The van der Waals surface area contributed by atoms with E-state index in [2.05, 4.69) is 43.1 Å². The number of piperazine rings is 1. The van der Waals surface area contributed by atoms with Crippen molar-refractivity contribution in [1.29, 1.82) is 0 Å². The van der Waals surface area contributed by atoms with Gasteiger partial charge in [0.2, 0.25) is 17.8 Å². The number of carbonyl (C=O) groups excluding carboxylic acids is 2. The van der Waals surface area contributed by atoms with Crippen molar-refractivity contribution in [3.8, 4) is 5.75 Å². The van der Waals surface area contributed by atoms with Crippen LogP contribution in [0.25, 0.3) is 11.0 Å². The summed E-state index contributed by atoms with van der Waals surface area (Å²) in [5.41, 5.74) is 15.3. The van der Waals surface area contributed by atoms with Gasteiger partial charge in [-0.3, -0.25) is 24.1 Å². The zero-order valence-electron chi connectivity index (χ0n) is 29.2. The van der Waals surface area contributed by atoms with Crippen molar-refractivity contribution < 1.29 is 34.1 Å². The molecule has 0 radical (unpaired) electrons. The molecule has 1 aliphatic rings. The van der Waals surface area contributed by atoms with Gasteiger partial charge in [0, 0.05) is 69.7 Å². The number of rotatable bonds is 20. The van der Waals surface area contributed by atoms with E-state index in [9.17, 15) is 19.2 Å². The molecule has 1 aliphatic heterocycles. The van der Waals surface area contributed by atoms with Gasteiger partial charge in [0.1, 0.15) is 17.3 Å².